The van der Waals surface area contributed by atoms with Gasteiger partial charge in [-0.1, -0.05) is 51.1 Å². The summed E-state index contributed by atoms with van der Waals surface area (Å²) in [7, 11) is -0.962. The van der Waals surface area contributed by atoms with Gasteiger partial charge in [-0.2, -0.15) is 0 Å². The highest BCUT2D eigenvalue weighted by Gasteiger charge is 2.44. The molecule has 7 heteroatoms. The highest BCUT2D eigenvalue weighted by atomic mass is 28.4. The highest BCUT2D eigenvalue weighted by Crippen LogP contribution is 2.41. The minimum Gasteiger partial charge on any atom is -0.469 e. The summed E-state index contributed by atoms with van der Waals surface area (Å²) < 4.78 is 11.1. The average Bonchev–Trinajstić information content (AvgIpc) is 2.53. The minimum absolute atomic E-state index is 0.00760. The molecular weight excluding hydrogens is 338 g/mol. The van der Waals surface area contributed by atoms with Crippen molar-refractivity contribution in [3.63, 3.8) is 0 Å². The summed E-state index contributed by atoms with van der Waals surface area (Å²) in [4.78, 5) is 22.9. The lowest BCUT2D eigenvalue weighted by atomic mass is 9.99. The van der Waals surface area contributed by atoms with E-state index in [0.29, 0.717) is 0 Å². The third kappa shape index (κ3) is 5.93. The third-order valence-electron chi connectivity index (χ3n) is 4.85. The van der Waals surface area contributed by atoms with Crippen LogP contribution < -0.4 is 0 Å². The van der Waals surface area contributed by atoms with E-state index in [1.165, 1.54) is 7.11 Å². The number of nitro groups is 1. The quantitative estimate of drug-likeness (QED) is 0.295. The van der Waals surface area contributed by atoms with Crippen LogP contribution in [0.15, 0.2) is 30.3 Å². The second kappa shape index (κ2) is 8.58. The van der Waals surface area contributed by atoms with Crippen molar-refractivity contribution in [1.82, 2.24) is 0 Å². The molecule has 1 rings (SSSR count). The van der Waals surface area contributed by atoms with E-state index < -0.39 is 26.4 Å². The van der Waals surface area contributed by atoms with Crippen LogP contribution in [-0.4, -0.2) is 32.4 Å². The number of hydrogen-bond acceptors (Lipinski definition) is 5. The summed E-state index contributed by atoms with van der Waals surface area (Å²) >= 11 is 0. The monoisotopic (exact) mass is 367 g/mol. The molecule has 0 bridgehead atoms. The maximum atomic E-state index is 11.7. The van der Waals surface area contributed by atoms with Crippen LogP contribution in [0.2, 0.25) is 18.1 Å². The van der Waals surface area contributed by atoms with E-state index in [-0.39, 0.29) is 22.8 Å². The Morgan fingerprint density at radius 3 is 2.24 bits per heavy atom. The van der Waals surface area contributed by atoms with Crippen molar-refractivity contribution in [2.45, 2.75) is 63.9 Å². The zero-order chi connectivity index (χ0) is 19.3. The maximum Gasteiger partial charge on any atom is 0.305 e. The van der Waals surface area contributed by atoms with E-state index >= 15 is 0 Å². The molecule has 1 aromatic rings. The standard InChI is InChI=1S/C18H29NO5Si/c1-18(2,3)25(5,6)24-17(14-10-8-7-9-11-14)15(19(21)22)12-13-16(20)23-4/h7-11,15,17H,12-13H2,1-6H3/t15-,17+/m0/s1. The van der Waals surface area contributed by atoms with Gasteiger partial charge in [0.25, 0.3) is 0 Å². The summed E-state index contributed by atoms with van der Waals surface area (Å²) in [5.74, 6) is -0.453. The van der Waals surface area contributed by atoms with Gasteiger partial charge in [-0.15, -0.1) is 0 Å². The fourth-order valence-electron chi connectivity index (χ4n) is 2.24. The van der Waals surface area contributed by atoms with Crippen LogP contribution in [0.5, 0.6) is 0 Å². The molecule has 0 unspecified atom stereocenters. The Hall–Kier alpha value is -1.73. The van der Waals surface area contributed by atoms with Crippen molar-refractivity contribution in [1.29, 1.82) is 0 Å². The lowest BCUT2D eigenvalue weighted by molar-refractivity contribution is -0.535. The van der Waals surface area contributed by atoms with Gasteiger partial charge < -0.3 is 9.16 Å². The molecule has 140 valence electrons. The van der Waals surface area contributed by atoms with Gasteiger partial charge in [0.15, 0.2) is 8.32 Å². The number of rotatable bonds is 8. The number of carbonyl (C=O) groups is 1. The molecule has 0 fully saturated rings. The van der Waals surface area contributed by atoms with Crippen LogP contribution in [-0.2, 0) is 14.0 Å². The Morgan fingerprint density at radius 1 is 1.24 bits per heavy atom. The molecular formula is C18H29NO5Si. The number of benzene rings is 1. The normalized spacial score (nSPS) is 14.6. The number of nitrogens with zero attached hydrogens (tertiary/aromatic N) is 1. The van der Waals surface area contributed by atoms with Crippen LogP contribution >= 0.6 is 0 Å². The van der Waals surface area contributed by atoms with Crippen LogP contribution in [0.4, 0.5) is 0 Å². The minimum atomic E-state index is -2.24. The number of ether oxygens (including phenoxy) is 1. The molecule has 0 aliphatic rings. The third-order valence-corrected chi connectivity index (χ3v) is 9.30. The summed E-state index contributed by atoms with van der Waals surface area (Å²) in [6.45, 7) is 10.4. The van der Waals surface area contributed by atoms with E-state index in [2.05, 4.69) is 38.6 Å². The van der Waals surface area contributed by atoms with Crippen molar-refractivity contribution in [3.05, 3.63) is 46.0 Å². The number of esters is 1. The molecule has 0 N–H and O–H groups in total. The van der Waals surface area contributed by atoms with Crippen LogP contribution in [0.25, 0.3) is 0 Å². The van der Waals surface area contributed by atoms with Crippen LogP contribution in [0.1, 0.15) is 45.3 Å². The smallest absolute Gasteiger partial charge is 0.305 e. The van der Waals surface area contributed by atoms with Gasteiger partial charge in [0, 0.05) is 11.3 Å². The molecule has 0 radical (unpaired) electrons. The summed E-state index contributed by atoms with van der Waals surface area (Å²) in [5.41, 5.74) is 0.763. The zero-order valence-electron chi connectivity index (χ0n) is 15.9. The molecule has 0 saturated heterocycles. The van der Waals surface area contributed by atoms with E-state index in [9.17, 15) is 14.9 Å². The molecule has 0 saturated carbocycles. The fraction of sp³-hybridized carbons (Fsp3) is 0.611. The van der Waals surface area contributed by atoms with Gasteiger partial charge >= 0.3 is 5.97 Å². The van der Waals surface area contributed by atoms with Gasteiger partial charge in [-0.25, -0.2) is 0 Å². The SMILES string of the molecule is COC(=O)CC[C@@H]([C@H](O[Si](C)(C)C(C)(C)C)c1ccccc1)[N+](=O)[O-]. The van der Waals surface area contributed by atoms with Gasteiger partial charge in [-0.3, -0.25) is 14.9 Å². The molecule has 25 heavy (non-hydrogen) atoms. The Balaban J connectivity index is 3.19. The molecule has 0 aliphatic carbocycles. The number of carbonyl (C=O) groups excluding carboxylic acids is 1. The van der Waals surface area contributed by atoms with E-state index in [1.54, 1.807) is 0 Å². The van der Waals surface area contributed by atoms with Crippen molar-refractivity contribution in [2.24, 2.45) is 0 Å². The molecule has 0 heterocycles. The first-order valence-corrected chi connectivity index (χ1v) is 11.3. The molecule has 0 aliphatic heterocycles. The van der Waals surface area contributed by atoms with Crippen molar-refractivity contribution in [2.75, 3.05) is 7.11 Å². The predicted octanol–water partition coefficient (Wildman–Crippen LogP) is 4.35. The molecule has 0 spiro atoms. The molecule has 6 nitrogen and oxygen atoms in total. The maximum absolute atomic E-state index is 11.7. The van der Waals surface area contributed by atoms with Gasteiger partial charge in [0.05, 0.1) is 13.5 Å². The molecule has 2 atom stereocenters. The second-order valence-electron chi connectivity index (χ2n) is 7.68. The summed E-state index contributed by atoms with van der Waals surface area (Å²) in [6, 6.07) is 8.22. The number of hydrogen-bond donors (Lipinski definition) is 0. The molecule has 1 aromatic carbocycles. The van der Waals surface area contributed by atoms with Crippen LogP contribution in [0.3, 0.4) is 0 Å². The first-order chi connectivity index (χ1) is 11.5. The summed E-state index contributed by atoms with van der Waals surface area (Å²) in [6.07, 6.45) is -0.623. The fourth-order valence-corrected chi connectivity index (χ4v) is 3.52. The Bertz CT molecular complexity index is 583. The van der Waals surface area contributed by atoms with Crippen molar-refractivity contribution in [3.8, 4) is 0 Å². The van der Waals surface area contributed by atoms with Crippen molar-refractivity contribution < 1.29 is 18.9 Å². The van der Waals surface area contributed by atoms with Crippen LogP contribution in [0, 0.1) is 10.1 Å². The first kappa shape index (κ1) is 21.3. The van der Waals surface area contributed by atoms with Gasteiger partial charge in [0.2, 0.25) is 6.04 Å². The highest BCUT2D eigenvalue weighted by molar-refractivity contribution is 6.74. The first-order valence-electron chi connectivity index (χ1n) is 8.42. The molecule has 0 amide bonds. The Kier molecular flexibility index (Phi) is 7.31. The second-order valence-corrected chi connectivity index (χ2v) is 12.4. The Morgan fingerprint density at radius 2 is 1.80 bits per heavy atom. The van der Waals surface area contributed by atoms with E-state index in [4.69, 9.17) is 4.43 Å². The van der Waals surface area contributed by atoms with Gasteiger partial charge in [0.1, 0.15) is 6.10 Å². The van der Waals surface area contributed by atoms with Gasteiger partial charge in [-0.05, 0) is 23.7 Å². The number of methoxy groups -OCH3 is 1. The Labute approximate surface area is 150 Å². The van der Waals surface area contributed by atoms with Crippen molar-refractivity contribution >= 4 is 14.3 Å². The zero-order valence-corrected chi connectivity index (χ0v) is 16.9. The lowest BCUT2D eigenvalue weighted by Gasteiger charge is -2.39. The predicted molar refractivity (Wildman–Crippen MR) is 99.5 cm³/mol. The lowest BCUT2D eigenvalue weighted by Crippen LogP contribution is -2.45. The molecule has 0 aromatic heterocycles. The van der Waals surface area contributed by atoms with E-state index in [1.807, 2.05) is 30.3 Å². The average molecular weight is 368 g/mol. The summed E-state index contributed by atoms with van der Waals surface area (Å²) in [5, 5.41) is 11.7. The van der Waals surface area contributed by atoms with E-state index in [0.717, 1.165) is 5.56 Å². The topological polar surface area (TPSA) is 78.7 Å². The largest absolute Gasteiger partial charge is 0.469 e.